The largest absolute Gasteiger partial charge is 0.477 e. The van der Waals surface area contributed by atoms with Gasteiger partial charge in [0, 0.05) is 68.9 Å². The van der Waals surface area contributed by atoms with Gasteiger partial charge in [-0.15, -0.1) is 23.5 Å². The molecule has 2 fully saturated rings. The maximum atomic E-state index is 12.4. The summed E-state index contributed by atoms with van der Waals surface area (Å²) < 4.78 is 0. The average molecular weight is 458 g/mol. The fourth-order valence-corrected chi connectivity index (χ4v) is 7.09. The molecule has 0 spiro atoms. The Morgan fingerprint density at radius 2 is 2.03 bits per heavy atom. The van der Waals surface area contributed by atoms with E-state index in [9.17, 15) is 19.8 Å². The van der Waals surface area contributed by atoms with Crippen molar-refractivity contribution in [2.24, 2.45) is 11.8 Å². The summed E-state index contributed by atoms with van der Waals surface area (Å²) in [6.07, 6.45) is 0.199. The molecule has 157 valence electrons. The zero-order valence-electron chi connectivity index (χ0n) is 17.4. The van der Waals surface area contributed by atoms with Crippen molar-refractivity contribution in [3.05, 3.63) is 40.9 Å². The number of fused-ring (bicyclic) bond motifs is 1. The van der Waals surface area contributed by atoms with Gasteiger partial charge in [-0.1, -0.05) is 25.1 Å². The maximum absolute atomic E-state index is 12.4. The molecule has 0 unspecified atom stereocenters. The standard InChI is InChI=1S/C21H26N2O4S2.Na/c1-11-17-16(12(2)24)20(25)23(17)18(21(26)27)19(11)29-15-8-13(22-9-15)10-28-14-6-4-3-5-7-14;/h3-7,11-13,15-17,22,24H,8-10H2,1-2H3,(H,26,27);/t11-,12-,13+,15+,16-,17-;/m1./s1. The summed E-state index contributed by atoms with van der Waals surface area (Å²) in [6, 6.07) is 10.4. The Bertz CT molecular complexity index is 836. The molecule has 4 rings (SSSR count). The van der Waals surface area contributed by atoms with E-state index in [0.29, 0.717) is 6.04 Å². The Morgan fingerprint density at radius 3 is 2.67 bits per heavy atom. The topological polar surface area (TPSA) is 89.9 Å². The average Bonchev–Trinajstić information content (AvgIpc) is 3.22. The van der Waals surface area contributed by atoms with E-state index in [1.54, 1.807) is 18.7 Å². The SMILES string of the molecule is C[C@@H](O)[C@H]1C(=O)N2C(C(=O)O)=C(S[C@@H]3CN[C@H](CSc4ccccc4)C3)[C@H](C)[C@H]12.[Na]. The number of rotatable bonds is 7. The number of carboxylic acid groups (broad SMARTS) is 1. The van der Waals surface area contributed by atoms with Crippen LogP contribution in [0.1, 0.15) is 20.3 Å². The van der Waals surface area contributed by atoms with E-state index in [1.807, 2.05) is 36.9 Å². The first kappa shape index (κ1) is 24.2. The molecule has 6 nitrogen and oxygen atoms in total. The Balaban J connectivity index is 0.00000256. The van der Waals surface area contributed by atoms with Crippen LogP contribution in [0.5, 0.6) is 0 Å². The smallest absolute Gasteiger partial charge is 0.353 e. The van der Waals surface area contributed by atoms with Crippen molar-refractivity contribution >= 4 is 65.0 Å². The van der Waals surface area contributed by atoms with Crippen LogP contribution in [0.15, 0.2) is 45.8 Å². The van der Waals surface area contributed by atoms with Crippen LogP contribution in [0.25, 0.3) is 0 Å². The van der Waals surface area contributed by atoms with Gasteiger partial charge in [0.25, 0.3) is 0 Å². The molecule has 9 heteroatoms. The van der Waals surface area contributed by atoms with E-state index in [1.165, 1.54) is 9.80 Å². The van der Waals surface area contributed by atoms with Crippen LogP contribution >= 0.6 is 23.5 Å². The van der Waals surface area contributed by atoms with Gasteiger partial charge >= 0.3 is 5.97 Å². The minimum absolute atomic E-state index is 0. The second-order valence-corrected chi connectivity index (χ2v) is 10.4. The van der Waals surface area contributed by atoms with Gasteiger partial charge in [0.1, 0.15) is 5.70 Å². The molecule has 0 aliphatic carbocycles. The molecule has 1 amide bonds. The molecule has 1 aromatic rings. The summed E-state index contributed by atoms with van der Waals surface area (Å²) in [5, 5.41) is 23.5. The van der Waals surface area contributed by atoms with Crippen molar-refractivity contribution in [2.75, 3.05) is 12.3 Å². The molecule has 2 saturated heterocycles. The molecule has 3 N–H and O–H groups in total. The molecule has 0 bridgehead atoms. The van der Waals surface area contributed by atoms with Crippen LogP contribution in [0.4, 0.5) is 0 Å². The zero-order chi connectivity index (χ0) is 20.7. The molecule has 6 atom stereocenters. The summed E-state index contributed by atoms with van der Waals surface area (Å²) >= 11 is 3.42. The van der Waals surface area contributed by atoms with Gasteiger partial charge in [-0.25, -0.2) is 4.79 Å². The first-order valence-electron chi connectivity index (χ1n) is 9.95. The molecular weight excluding hydrogens is 431 g/mol. The number of β-lactam (4-membered cyclic amide) rings is 1. The van der Waals surface area contributed by atoms with E-state index < -0.39 is 18.0 Å². The molecule has 1 radical (unpaired) electrons. The van der Waals surface area contributed by atoms with Gasteiger partial charge in [0.2, 0.25) is 5.91 Å². The van der Waals surface area contributed by atoms with E-state index >= 15 is 0 Å². The van der Waals surface area contributed by atoms with E-state index in [2.05, 4.69) is 17.4 Å². The van der Waals surface area contributed by atoms with Gasteiger partial charge < -0.3 is 20.4 Å². The number of nitrogens with one attached hydrogen (secondary N) is 1. The minimum atomic E-state index is -1.05. The van der Waals surface area contributed by atoms with Crippen LogP contribution in [-0.4, -0.2) is 92.3 Å². The number of carboxylic acids is 1. The number of aliphatic hydroxyl groups excluding tert-OH is 1. The van der Waals surface area contributed by atoms with E-state index in [0.717, 1.165) is 23.6 Å². The summed E-state index contributed by atoms with van der Waals surface area (Å²) in [4.78, 5) is 27.8. The number of carbonyl (C=O) groups excluding carboxylic acids is 1. The number of benzene rings is 1. The van der Waals surface area contributed by atoms with Crippen LogP contribution in [0, 0.1) is 11.8 Å². The second kappa shape index (κ2) is 9.98. The second-order valence-electron chi connectivity index (χ2n) is 7.98. The zero-order valence-corrected chi connectivity index (χ0v) is 21.1. The first-order chi connectivity index (χ1) is 13.9. The molecule has 3 aliphatic heterocycles. The quantitative estimate of drug-likeness (QED) is 0.328. The van der Waals surface area contributed by atoms with E-state index in [-0.39, 0.29) is 58.4 Å². The van der Waals surface area contributed by atoms with Crippen LogP contribution in [-0.2, 0) is 9.59 Å². The molecule has 3 aliphatic rings. The predicted molar refractivity (Wildman–Crippen MR) is 120 cm³/mol. The van der Waals surface area contributed by atoms with Crippen molar-refractivity contribution in [1.82, 2.24) is 10.2 Å². The van der Waals surface area contributed by atoms with Crippen molar-refractivity contribution < 1.29 is 19.8 Å². The van der Waals surface area contributed by atoms with Crippen molar-refractivity contribution in [3.8, 4) is 0 Å². The normalized spacial score (nSPS) is 31.2. The number of nitrogens with zero attached hydrogens (tertiary/aromatic N) is 1. The van der Waals surface area contributed by atoms with Crippen LogP contribution in [0.3, 0.4) is 0 Å². The third kappa shape index (κ3) is 4.51. The molecular formula is C21H26N2NaO4S2. The summed E-state index contributed by atoms with van der Waals surface area (Å²) in [5.41, 5.74) is 0.122. The molecule has 0 saturated carbocycles. The number of aliphatic carboxylic acids is 1. The molecule has 0 aromatic heterocycles. The van der Waals surface area contributed by atoms with Gasteiger partial charge in [0.05, 0.1) is 18.1 Å². The van der Waals surface area contributed by atoms with Crippen LogP contribution in [0.2, 0.25) is 0 Å². The minimum Gasteiger partial charge on any atom is -0.477 e. The fraction of sp³-hybridized carbons (Fsp3) is 0.524. The fourth-order valence-electron chi connectivity index (χ4n) is 4.57. The number of thioether (sulfide) groups is 2. The number of carbonyl (C=O) groups is 2. The third-order valence-electron chi connectivity index (χ3n) is 5.98. The summed E-state index contributed by atoms with van der Waals surface area (Å²) in [7, 11) is 0. The van der Waals surface area contributed by atoms with Crippen molar-refractivity contribution in [2.45, 2.75) is 48.6 Å². The van der Waals surface area contributed by atoms with Crippen molar-refractivity contribution in [1.29, 1.82) is 0 Å². The van der Waals surface area contributed by atoms with Gasteiger partial charge in [-0.05, 0) is 25.5 Å². The Hall–Kier alpha value is -0.480. The third-order valence-corrected chi connectivity index (χ3v) is 8.67. The summed E-state index contributed by atoms with van der Waals surface area (Å²) in [5.74, 6) is -0.929. The molecule has 30 heavy (non-hydrogen) atoms. The maximum Gasteiger partial charge on any atom is 0.353 e. The van der Waals surface area contributed by atoms with Crippen LogP contribution < -0.4 is 5.32 Å². The Labute approximate surface area is 207 Å². The summed E-state index contributed by atoms with van der Waals surface area (Å²) in [6.45, 7) is 4.41. The van der Waals surface area contributed by atoms with Gasteiger partial charge in [-0.3, -0.25) is 4.79 Å². The van der Waals surface area contributed by atoms with E-state index in [4.69, 9.17) is 0 Å². The first-order valence-corrected chi connectivity index (χ1v) is 11.8. The van der Waals surface area contributed by atoms with Crippen molar-refractivity contribution in [3.63, 3.8) is 0 Å². The van der Waals surface area contributed by atoms with Gasteiger partial charge in [-0.2, -0.15) is 0 Å². The Kier molecular flexibility index (Phi) is 8.04. The van der Waals surface area contributed by atoms with Gasteiger partial charge in [0.15, 0.2) is 0 Å². The monoisotopic (exact) mass is 457 g/mol. The number of amides is 1. The molecule has 3 heterocycles. The Morgan fingerprint density at radius 1 is 1.33 bits per heavy atom. The molecule has 1 aromatic carbocycles. The number of hydrogen-bond acceptors (Lipinski definition) is 6. The number of hydrogen-bond donors (Lipinski definition) is 3. The number of aliphatic hydroxyl groups is 1. The predicted octanol–water partition coefficient (Wildman–Crippen LogP) is 2.02.